The molecule has 10 nitrogen and oxygen atoms in total. The van der Waals surface area contributed by atoms with Crippen molar-refractivity contribution in [3.63, 3.8) is 0 Å². The Kier molecular flexibility index (Phi) is 6.85. The van der Waals surface area contributed by atoms with Crippen molar-refractivity contribution < 1.29 is 24.5 Å². The van der Waals surface area contributed by atoms with Crippen molar-refractivity contribution in [2.75, 3.05) is 13.7 Å². The molecule has 4 rings (SSSR count). The number of pyridine rings is 1. The second-order valence-corrected chi connectivity index (χ2v) is 16.1. The summed E-state index contributed by atoms with van der Waals surface area (Å²) in [6.45, 7) is 10.8. The Bertz CT molecular complexity index is 1540. The maximum Gasteiger partial charge on any atom is 0.416 e. The molecule has 4 aromatic rings. The summed E-state index contributed by atoms with van der Waals surface area (Å²) < 4.78 is 14.5. The smallest absolute Gasteiger partial charge is 0.416 e. The molecule has 37 heavy (non-hydrogen) atoms. The van der Waals surface area contributed by atoms with E-state index in [1.54, 1.807) is 36.6 Å². The predicted octanol–water partition coefficient (Wildman–Crippen LogP) is 4.67. The molecule has 2 N–H and O–H groups in total. The molecule has 1 atom stereocenters. The van der Waals surface area contributed by atoms with Gasteiger partial charge in [0.2, 0.25) is 0 Å². The molecule has 1 unspecified atom stereocenters. The molecule has 0 aliphatic heterocycles. The van der Waals surface area contributed by atoms with Gasteiger partial charge in [-0.05, 0) is 43.7 Å². The number of carbonyl (C=O) groups is 1. The van der Waals surface area contributed by atoms with Crippen LogP contribution in [-0.4, -0.2) is 57.2 Å². The standard InChI is InChI=1S/C26H31N5O5Si/c1-16-11-20(35-3)21(18-7-8-30(22(16)18)25(32)33)26(2,34)24-29-19-12-17(13-27)14-28-23(19)31(24)15-36-9-10-37(4,5)6/h7-8,11-12,14,34H,9-10,15H2,1-6H3,(H,32,33). The minimum absolute atomic E-state index is 0.0961. The van der Waals surface area contributed by atoms with Gasteiger partial charge in [0, 0.05) is 38.0 Å². The first kappa shape index (κ1) is 26.3. The van der Waals surface area contributed by atoms with Gasteiger partial charge in [-0.25, -0.2) is 14.8 Å². The second kappa shape index (κ2) is 9.62. The number of aryl methyl sites for hydroxylation is 1. The van der Waals surface area contributed by atoms with Crippen molar-refractivity contribution in [3.8, 4) is 11.8 Å². The fourth-order valence-electron chi connectivity index (χ4n) is 4.54. The zero-order valence-corrected chi connectivity index (χ0v) is 22.9. The Hall–Kier alpha value is -3.72. The van der Waals surface area contributed by atoms with Crippen LogP contribution < -0.4 is 4.74 Å². The van der Waals surface area contributed by atoms with Crippen LogP contribution in [0.3, 0.4) is 0 Å². The highest BCUT2D eigenvalue weighted by molar-refractivity contribution is 6.76. The van der Waals surface area contributed by atoms with Crippen LogP contribution in [0.1, 0.15) is 29.4 Å². The van der Waals surface area contributed by atoms with Gasteiger partial charge in [0.25, 0.3) is 0 Å². The number of benzene rings is 1. The van der Waals surface area contributed by atoms with Gasteiger partial charge in [0.15, 0.2) is 5.65 Å². The van der Waals surface area contributed by atoms with E-state index in [-0.39, 0.29) is 12.6 Å². The zero-order valence-electron chi connectivity index (χ0n) is 21.9. The SMILES string of the molecule is COc1cc(C)c2c(ccn2C(=O)O)c1C(C)(O)c1nc2cc(C#N)cnc2n1COCC[Si](C)(C)C. The fraction of sp³-hybridized carbons (Fsp3) is 0.385. The number of ether oxygens (including phenoxy) is 2. The second-order valence-electron chi connectivity index (χ2n) is 10.5. The van der Waals surface area contributed by atoms with Gasteiger partial charge in [-0.2, -0.15) is 5.26 Å². The highest BCUT2D eigenvalue weighted by atomic mass is 28.3. The molecular weight excluding hydrogens is 490 g/mol. The summed E-state index contributed by atoms with van der Waals surface area (Å²) in [5, 5.41) is 31.7. The van der Waals surface area contributed by atoms with Gasteiger partial charge in [-0.15, -0.1) is 0 Å². The number of aliphatic hydroxyl groups is 1. The number of hydrogen-bond acceptors (Lipinski definition) is 7. The van der Waals surface area contributed by atoms with Gasteiger partial charge in [-0.3, -0.25) is 9.13 Å². The van der Waals surface area contributed by atoms with E-state index in [9.17, 15) is 20.3 Å². The minimum Gasteiger partial charge on any atom is -0.496 e. The van der Waals surface area contributed by atoms with E-state index in [1.807, 2.05) is 0 Å². The molecule has 0 fully saturated rings. The number of nitrogens with zero attached hydrogens (tertiary/aromatic N) is 5. The van der Waals surface area contributed by atoms with Crippen LogP contribution in [0.15, 0.2) is 30.6 Å². The van der Waals surface area contributed by atoms with Crippen molar-refractivity contribution in [2.45, 2.75) is 51.9 Å². The summed E-state index contributed by atoms with van der Waals surface area (Å²) in [6.07, 6.45) is 1.77. The molecule has 3 aromatic heterocycles. The van der Waals surface area contributed by atoms with E-state index in [4.69, 9.17) is 14.5 Å². The van der Waals surface area contributed by atoms with Crippen LogP contribution in [0.2, 0.25) is 25.7 Å². The monoisotopic (exact) mass is 521 g/mol. The van der Waals surface area contributed by atoms with Crippen LogP contribution in [0.4, 0.5) is 4.79 Å². The largest absolute Gasteiger partial charge is 0.496 e. The van der Waals surface area contributed by atoms with Crippen molar-refractivity contribution in [1.29, 1.82) is 5.26 Å². The average Bonchev–Trinajstić information content (AvgIpc) is 3.43. The lowest BCUT2D eigenvalue weighted by Gasteiger charge is -2.27. The number of fused-ring (bicyclic) bond motifs is 2. The lowest BCUT2D eigenvalue weighted by atomic mass is 9.89. The molecule has 0 amide bonds. The van der Waals surface area contributed by atoms with Crippen molar-refractivity contribution >= 4 is 36.2 Å². The maximum absolute atomic E-state index is 12.1. The molecule has 0 saturated carbocycles. The highest BCUT2D eigenvalue weighted by Crippen LogP contribution is 2.42. The Balaban J connectivity index is 1.93. The minimum atomic E-state index is -1.74. The summed E-state index contributed by atoms with van der Waals surface area (Å²) in [6, 6.07) is 8.00. The number of rotatable bonds is 8. The van der Waals surface area contributed by atoms with Crippen LogP contribution >= 0.6 is 0 Å². The quantitative estimate of drug-likeness (QED) is 0.252. The predicted molar refractivity (Wildman–Crippen MR) is 142 cm³/mol. The number of methoxy groups -OCH3 is 1. The number of hydrogen-bond donors (Lipinski definition) is 2. The summed E-state index contributed by atoms with van der Waals surface area (Å²) >= 11 is 0. The van der Waals surface area contributed by atoms with Gasteiger partial charge in [-0.1, -0.05) is 19.6 Å². The fourth-order valence-corrected chi connectivity index (χ4v) is 5.30. The summed E-state index contributed by atoms with van der Waals surface area (Å²) in [5.41, 5.74) is 1.01. The number of aromatic nitrogens is 4. The Morgan fingerprint density at radius 3 is 2.65 bits per heavy atom. The molecule has 0 saturated heterocycles. The average molecular weight is 522 g/mol. The van der Waals surface area contributed by atoms with Crippen LogP contribution in [-0.2, 0) is 17.1 Å². The molecular formula is C26H31N5O5Si. The van der Waals surface area contributed by atoms with Gasteiger partial charge in [0.05, 0.1) is 18.2 Å². The molecule has 1 aromatic carbocycles. The van der Waals surface area contributed by atoms with Crippen molar-refractivity contribution in [1.82, 2.24) is 19.1 Å². The van der Waals surface area contributed by atoms with E-state index in [0.717, 1.165) is 10.6 Å². The Morgan fingerprint density at radius 1 is 1.30 bits per heavy atom. The molecule has 194 valence electrons. The first-order valence-corrected chi connectivity index (χ1v) is 15.6. The van der Waals surface area contributed by atoms with E-state index >= 15 is 0 Å². The molecule has 3 heterocycles. The third kappa shape index (κ3) is 4.83. The zero-order chi connectivity index (χ0) is 27.1. The van der Waals surface area contributed by atoms with Gasteiger partial charge in [0.1, 0.15) is 35.5 Å². The maximum atomic E-state index is 12.1. The van der Waals surface area contributed by atoms with Crippen LogP contribution in [0.5, 0.6) is 5.75 Å². The molecule has 11 heteroatoms. The highest BCUT2D eigenvalue weighted by Gasteiger charge is 2.38. The third-order valence-corrected chi connectivity index (χ3v) is 8.11. The van der Waals surface area contributed by atoms with Crippen LogP contribution in [0, 0.1) is 18.3 Å². The van der Waals surface area contributed by atoms with E-state index < -0.39 is 19.8 Å². The Morgan fingerprint density at radius 2 is 2.03 bits per heavy atom. The lowest BCUT2D eigenvalue weighted by Crippen LogP contribution is -2.29. The summed E-state index contributed by atoms with van der Waals surface area (Å²) in [5.74, 6) is 0.631. The van der Waals surface area contributed by atoms with E-state index in [2.05, 4.69) is 30.7 Å². The number of nitriles is 1. The topological polar surface area (TPSA) is 135 Å². The van der Waals surface area contributed by atoms with Crippen molar-refractivity contribution in [3.05, 3.63) is 53.1 Å². The van der Waals surface area contributed by atoms with Gasteiger partial charge < -0.3 is 19.7 Å². The van der Waals surface area contributed by atoms with E-state index in [0.29, 0.717) is 51.1 Å². The first-order valence-electron chi connectivity index (χ1n) is 11.9. The summed E-state index contributed by atoms with van der Waals surface area (Å²) in [7, 11) is 0.176. The van der Waals surface area contributed by atoms with Crippen LogP contribution in [0.25, 0.3) is 22.1 Å². The molecule has 0 aliphatic carbocycles. The molecule has 0 aliphatic rings. The first-order chi connectivity index (χ1) is 17.4. The third-order valence-electron chi connectivity index (χ3n) is 6.40. The van der Waals surface area contributed by atoms with E-state index in [1.165, 1.54) is 19.5 Å². The van der Waals surface area contributed by atoms with Crippen molar-refractivity contribution in [2.24, 2.45) is 0 Å². The number of carboxylic acid groups (broad SMARTS) is 1. The van der Waals surface area contributed by atoms with Gasteiger partial charge >= 0.3 is 6.09 Å². The summed E-state index contributed by atoms with van der Waals surface area (Å²) in [4.78, 5) is 21.0. The molecule has 0 spiro atoms. The normalized spacial score (nSPS) is 13.6. The lowest BCUT2D eigenvalue weighted by molar-refractivity contribution is 0.0556. The molecule has 0 radical (unpaired) electrons. The number of imidazole rings is 1. The molecule has 0 bridgehead atoms. The Labute approximate surface area is 215 Å².